The van der Waals surface area contributed by atoms with E-state index in [1.165, 1.54) is 4.90 Å². The summed E-state index contributed by atoms with van der Waals surface area (Å²) in [4.78, 5) is 47.1. The number of carboxylic acids is 2. The maximum absolute atomic E-state index is 12.2. The van der Waals surface area contributed by atoms with E-state index in [9.17, 15) is 24.3 Å². The summed E-state index contributed by atoms with van der Waals surface area (Å²) in [5.74, 6) is -3.68. The van der Waals surface area contributed by atoms with Crippen molar-refractivity contribution in [3.63, 3.8) is 0 Å². The van der Waals surface area contributed by atoms with Crippen molar-refractivity contribution in [3.05, 3.63) is 0 Å². The van der Waals surface area contributed by atoms with Gasteiger partial charge in [0, 0.05) is 13.0 Å². The molecule has 0 aromatic rings. The van der Waals surface area contributed by atoms with Gasteiger partial charge in [-0.3, -0.25) is 14.4 Å². The van der Waals surface area contributed by atoms with Crippen LogP contribution in [0.15, 0.2) is 0 Å². The molecule has 23 heavy (non-hydrogen) atoms. The third-order valence-electron chi connectivity index (χ3n) is 3.77. The summed E-state index contributed by atoms with van der Waals surface area (Å²) in [5.41, 5.74) is 0. The molecular weight excluding hydrogens is 308 g/mol. The molecule has 0 bridgehead atoms. The van der Waals surface area contributed by atoms with Crippen molar-refractivity contribution in [3.8, 4) is 0 Å². The minimum atomic E-state index is -1.33. The monoisotopic (exact) mass is 330 g/mol. The van der Waals surface area contributed by atoms with Gasteiger partial charge in [0.05, 0.1) is 0 Å². The van der Waals surface area contributed by atoms with Crippen molar-refractivity contribution >= 4 is 23.8 Å². The summed E-state index contributed by atoms with van der Waals surface area (Å²) in [7, 11) is 0. The molecule has 130 valence electrons. The van der Waals surface area contributed by atoms with Crippen LogP contribution in [0.5, 0.6) is 0 Å². The van der Waals surface area contributed by atoms with Gasteiger partial charge in [0.2, 0.25) is 5.91 Å². The Morgan fingerprint density at radius 3 is 2.43 bits per heavy atom. The lowest BCUT2D eigenvalue weighted by molar-refractivity contribution is -0.147. The molecule has 1 rings (SSSR count). The molecule has 3 atom stereocenters. The fourth-order valence-corrected chi connectivity index (χ4v) is 2.46. The Morgan fingerprint density at radius 2 is 1.91 bits per heavy atom. The van der Waals surface area contributed by atoms with E-state index in [0.717, 1.165) is 0 Å². The van der Waals surface area contributed by atoms with Gasteiger partial charge in [0.1, 0.15) is 18.2 Å². The second kappa shape index (κ2) is 8.47. The number of aliphatic hydroxyl groups is 1. The van der Waals surface area contributed by atoms with Gasteiger partial charge in [0.15, 0.2) is 0 Å². The Labute approximate surface area is 133 Å². The molecule has 3 unspecified atom stereocenters. The highest BCUT2D eigenvalue weighted by Crippen LogP contribution is 2.19. The van der Waals surface area contributed by atoms with Crippen molar-refractivity contribution in [1.82, 2.24) is 10.2 Å². The SMILES string of the molecule is CCC(O)C(=O)N1CCCC1C(=O)NC(CCC(=O)O)C(=O)O. The molecule has 4 N–H and O–H groups in total. The number of likely N-dealkylation sites (tertiary alicyclic amines) is 1. The molecule has 9 nitrogen and oxygen atoms in total. The number of carbonyl (C=O) groups excluding carboxylic acids is 2. The number of hydrogen-bond acceptors (Lipinski definition) is 5. The first kappa shape index (κ1) is 18.9. The number of aliphatic hydroxyl groups excluding tert-OH is 1. The highest BCUT2D eigenvalue weighted by molar-refractivity contribution is 5.92. The van der Waals surface area contributed by atoms with Crippen molar-refractivity contribution in [2.45, 2.75) is 57.2 Å². The first-order valence-electron chi connectivity index (χ1n) is 7.51. The summed E-state index contributed by atoms with van der Waals surface area (Å²) in [6.07, 6.45) is -0.647. The number of nitrogens with one attached hydrogen (secondary N) is 1. The fraction of sp³-hybridized carbons (Fsp3) is 0.714. The molecule has 1 aliphatic rings. The lowest BCUT2D eigenvalue weighted by Crippen LogP contribution is -2.52. The van der Waals surface area contributed by atoms with Gasteiger partial charge in [-0.2, -0.15) is 0 Å². The Balaban J connectivity index is 2.71. The lowest BCUT2D eigenvalue weighted by Gasteiger charge is -2.27. The number of nitrogens with zero attached hydrogens (tertiary/aromatic N) is 1. The van der Waals surface area contributed by atoms with Gasteiger partial charge < -0.3 is 25.5 Å². The zero-order valence-electron chi connectivity index (χ0n) is 12.9. The minimum absolute atomic E-state index is 0.222. The van der Waals surface area contributed by atoms with E-state index in [0.29, 0.717) is 19.4 Å². The van der Waals surface area contributed by atoms with Gasteiger partial charge in [-0.05, 0) is 25.7 Å². The first-order chi connectivity index (χ1) is 10.8. The third kappa shape index (κ3) is 5.20. The van der Waals surface area contributed by atoms with Gasteiger partial charge >= 0.3 is 11.9 Å². The van der Waals surface area contributed by atoms with Gasteiger partial charge in [-0.1, -0.05) is 6.92 Å². The minimum Gasteiger partial charge on any atom is -0.481 e. The zero-order chi connectivity index (χ0) is 17.6. The zero-order valence-corrected chi connectivity index (χ0v) is 12.9. The molecule has 0 aliphatic carbocycles. The number of carboxylic acid groups (broad SMARTS) is 2. The van der Waals surface area contributed by atoms with Crippen LogP contribution in [0, 0.1) is 0 Å². The Kier molecular flexibility index (Phi) is 6.95. The Bertz CT molecular complexity index is 480. The summed E-state index contributed by atoms with van der Waals surface area (Å²) >= 11 is 0. The number of rotatable bonds is 8. The second-order valence-electron chi connectivity index (χ2n) is 5.45. The van der Waals surface area contributed by atoms with E-state index in [4.69, 9.17) is 10.2 Å². The highest BCUT2D eigenvalue weighted by atomic mass is 16.4. The van der Waals surface area contributed by atoms with E-state index in [1.807, 2.05) is 0 Å². The largest absolute Gasteiger partial charge is 0.481 e. The molecular formula is C14H22N2O7. The molecule has 0 saturated carbocycles. The third-order valence-corrected chi connectivity index (χ3v) is 3.77. The van der Waals surface area contributed by atoms with Crippen LogP contribution in [0.2, 0.25) is 0 Å². The van der Waals surface area contributed by atoms with E-state index in [1.54, 1.807) is 6.92 Å². The van der Waals surface area contributed by atoms with Gasteiger partial charge in [0.25, 0.3) is 5.91 Å². The summed E-state index contributed by atoms with van der Waals surface area (Å²) in [6.45, 7) is 1.96. The number of carbonyl (C=O) groups is 4. The first-order valence-corrected chi connectivity index (χ1v) is 7.51. The van der Waals surface area contributed by atoms with Gasteiger partial charge in [-0.25, -0.2) is 4.79 Å². The average molecular weight is 330 g/mol. The number of amides is 2. The molecule has 1 fully saturated rings. The van der Waals surface area contributed by atoms with Crippen LogP contribution in [0.3, 0.4) is 0 Å². The molecule has 0 spiro atoms. The van der Waals surface area contributed by atoms with Crippen molar-refractivity contribution in [2.75, 3.05) is 6.54 Å². The molecule has 9 heteroatoms. The standard InChI is InChI=1S/C14H22N2O7/c1-2-10(17)13(21)16-7-3-4-9(16)12(20)15-8(14(22)23)5-6-11(18)19/h8-10,17H,2-7H2,1H3,(H,15,20)(H,18,19)(H,22,23). The fourth-order valence-electron chi connectivity index (χ4n) is 2.46. The molecule has 1 saturated heterocycles. The van der Waals surface area contributed by atoms with Crippen molar-refractivity contribution in [1.29, 1.82) is 0 Å². The van der Waals surface area contributed by atoms with E-state index in [-0.39, 0.29) is 19.3 Å². The Hall–Kier alpha value is -2.16. The molecule has 0 radical (unpaired) electrons. The molecule has 0 aromatic carbocycles. The van der Waals surface area contributed by atoms with Crippen molar-refractivity contribution < 1.29 is 34.5 Å². The molecule has 0 aromatic heterocycles. The maximum atomic E-state index is 12.2. The molecule has 1 heterocycles. The van der Waals surface area contributed by atoms with Crippen LogP contribution in [0.1, 0.15) is 39.0 Å². The van der Waals surface area contributed by atoms with Crippen LogP contribution in [-0.2, 0) is 19.2 Å². The quantitative estimate of drug-likeness (QED) is 0.455. The summed E-state index contributed by atoms with van der Waals surface area (Å²) in [5, 5.41) is 29.6. The summed E-state index contributed by atoms with van der Waals surface area (Å²) < 4.78 is 0. The van der Waals surface area contributed by atoms with E-state index in [2.05, 4.69) is 5.32 Å². The van der Waals surface area contributed by atoms with Crippen LogP contribution in [0.4, 0.5) is 0 Å². The Morgan fingerprint density at radius 1 is 1.26 bits per heavy atom. The average Bonchev–Trinajstić information content (AvgIpc) is 2.98. The van der Waals surface area contributed by atoms with Crippen molar-refractivity contribution in [2.24, 2.45) is 0 Å². The number of aliphatic carboxylic acids is 2. The van der Waals surface area contributed by atoms with Crippen LogP contribution in [-0.4, -0.2) is 68.7 Å². The smallest absolute Gasteiger partial charge is 0.326 e. The van der Waals surface area contributed by atoms with Crippen LogP contribution >= 0.6 is 0 Å². The maximum Gasteiger partial charge on any atom is 0.326 e. The van der Waals surface area contributed by atoms with Crippen LogP contribution in [0.25, 0.3) is 0 Å². The normalized spacial score (nSPS) is 19.9. The second-order valence-corrected chi connectivity index (χ2v) is 5.45. The topological polar surface area (TPSA) is 144 Å². The van der Waals surface area contributed by atoms with E-state index >= 15 is 0 Å². The van der Waals surface area contributed by atoms with Gasteiger partial charge in [-0.15, -0.1) is 0 Å². The summed E-state index contributed by atoms with van der Waals surface area (Å²) in [6, 6.07) is -2.16. The molecule has 1 aliphatic heterocycles. The number of hydrogen-bond donors (Lipinski definition) is 4. The predicted octanol–water partition coefficient (Wildman–Crippen LogP) is -0.817. The molecule has 2 amide bonds. The highest BCUT2D eigenvalue weighted by Gasteiger charge is 2.37. The van der Waals surface area contributed by atoms with E-state index < -0.39 is 41.9 Å². The predicted molar refractivity (Wildman–Crippen MR) is 77.5 cm³/mol. The lowest BCUT2D eigenvalue weighted by atomic mass is 10.1. The van der Waals surface area contributed by atoms with Crippen LogP contribution < -0.4 is 5.32 Å².